The van der Waals surface area contributed by atoms with Crippen molar-refractivity contribution < 1.29 is 105 Å². The van der Waals surface area contributed by atoms with Crippen molar-refractivity contribution in [2.45, 2.75) is 54.4 Å². The van der Waals surface area contributed by atoms with E-state index in [2.05, 4.69) is 37.2 Å². The van der Waals surface area contributed by atoms with Gasteiger partial charge in [-0.3, -0.25) is 81.9 Å². The first kappa shape index (κ1) is 81.9. The standard InChI is InChI=1S/C65H92N12O22/c1-44(78)94-53-15-7-12-50(60(53)97-47(4)81)63(88)71-23-20-68-57(85)41-75-28-26-74(40-56(84)67-19-11-35-92-37-39-93-38-36-91-34-10-18-66)27-29-76(42-58(86)69-21-24-72-64(89)51-13-8-16-54(95-45(2)79)61(51)98-48(5)82)31-33-77(32-30-75)43-59(87)70-22-25-73-65(90)52-14-9-17-55(96-46(3)80)62(52)99-49(6)83/h7-9,12-17H,10-11,18-43,66H2,1-6H3,(H,67,84)(H,68,85)(H,69,86)(H,70,87)(H,71,88)(H,72,89)(H,73,90). The van der Waals surface area contributed by atoms with Crippen molar-refractivity contribution in [2.24, 2.45) is 5.73 Å². The summed E-state index contributed by atoms with van der Waals surface area (Å²) in [5, 5.41) is 19.3. The summed E-state index contributed by atoms with van der Waals surface area (Å²) in [7, 11) is 0. The Balaban J connectivity index is 1.51. The molecule has 0 bridgehead atoms. The molecule has 544 valence electrons. The Morgan fingerprint density at radius 1 is 0.323 bits per heavy atom. The van der Waals surface area contributed by atoms with Gasteiger partial charge in [0.2, 0.25) is 23.6 Å². The molecule has 0 unspecified atom stereocenters. The zero-order chi connectivity index (χ0) is 72.5. The molecule has 0 aliphatic carbocycles. The van der Waals surface area contributed by atoms with E-state index in [1.54, 1.807) is 0 Å². The largest absolute Gasteiger partial charge is 0.423 e. The molecule has 1 aliphatic rings. The Kier molecular flexibility index (Phi) is 37.9. The number of nitrogens with one attached hydrogen (secondary N) is 7. The fourth-order valence-electron chi connectivity index (χ4n) is 9.33. The molecule has 7 amide bonds. The van der Waals surface area contributed by atoms with Crippen molar-refractivity contribution in [3.05, 3.63) is 71.3 Å². The van der Waals surface area contributed by atoms with Gasteiger partial charge in [0, 0.05) is 153 Å². The molecule has 1 saturated heterocycles. The lowest BCUT2D eigenvalue weighted by atomic mass is 10.1. The molecule has 99 heavy (non-hydrogen) atoms. The monoisotopic (exact) mass is 1390 g/mol. The Labute approximate surface area is 573 Å². The molecule has 1 aliphatic heterocycles. The summed E-state index contributed by atoms with van der Waals surface area (Å²) in [6.45, 7) is 10.7. The van der Waals surface area contributed by atoms with Gasteiger partial charge in [-0.1, -0.05) is 18.2 Å². The van der Waals surface area contributed by atoms with Crippen LogP contribution in [0, 0.1) is 0 Å². The molecule has 0 saturated carbocycles. The first-order chi connectivity index (χ1) is 47.4. The zero-order valence-electron chi connectivity index (χ0n) is 56.8. The van der Waals surface area contributed by atoms with E-state index in [0.29, 0.717) is 59.2 Å². The number of amides is 7. The summed E-state index contributed by atoms with van der Waals surface area (Å²) in [4.78, 5) is 174. The summed E-state index contributed by atoms with van der Waals surface area (Å²) in [5.41, 5.74) is 5.16. The number of hydrogen-bond acceptors (Lipinski definition) is 27. The van der Waals surface area contributed by atoms with Gasteiger partial charge in [0.05, 0.1) is 69.3 Å². The Morgan fingerprint density at radius 3 is 0.828 bits per heavy atom. The first-order valence-electron chi connectivity index (χ1n) is 32.2. The average molecular weight is 1390 g/mol. The third-order valence-corrected chi connectivity index (χ3v) is 13.8. The van der Waals surface area contributed by atoms with E-state index < -0.39 is 71.3 Å². The van der Waals surface area contributed by atoms with Gasteiger partial charge >= 0.3 is 35.8 Å². The number of para-hydroxylation sites is 3. The van der Waals surface area contributed by atoms with Crippen LogP contribution in [0.2, 0.25) is 0 Å². The molecule has 3 aromatic rings. The van der Waals surface area contributed by atoms with Gasteiger partial charge in [0.1, 0.15) is 0 Å². The number of hydrogen-bond donors (Lipinski definition) is 8. The van der Waals surface area contributed by atoms with Gasteiger partial charge in [0.15, 0.2) is 34.5 Å². The van der Waals surface area contributed by atoms with Crippen molar-refractivity contribution in [2.75, 3.05) is 171 Å². The second kappa shape index (κ2) is 45.9. The van der Waals surface area contributed by atoms with Crippen LogP contribution >= 0.6 is 0 Å². The maximum absolute atomic E-state index is 13.8. The van der Waals surface area contributed by atoms with Crippen LogP contribution in [0.4, 0.5) is 0 Å². The second-order valence-electron chi connectivity index (χ2n) is 22.1. The van der Waals surface area contributed by atoms with Crippen LogP contribution in [0.5, 0.6) is 34.5 Å². The highest BCUT2D eigenvalue weighted by atomic mass is 16.6. The molecular formula is C65H92N12O22. The maximum Gasteiger partial charge on any atom is 0.308 e. The van der Waals surface area contributed by atoms with Gasteiger partial charge in [-0.2, -0.15) is 0 Å². The van der Waals surface area contributed by atoms with Crippen LogP contribution in [0.15, 0.2) is 54.6 Å². The van der Waals surface area contributed by atoms with Crippen LogP contribution in [0.1, 0.15) is 85.5 Å². The highest BCUT2D eigenvalue weighted by Gasteiger charge is 2.26. The van der Waals surface area contributed by atoms with Gasteiger partial charge < -0.3 is 85.6 Å². The molecule has 1 fully saturated rings. The molecule has 0 aromatic heterocycles. The maximum atomic E-state index is 13.8. The highest BCUT2D eigenvalue weighted by Crippen LogP contribution is 2.34. The van der Waals surface area contributed by atoms with Gasteiger partial charge in [-0.05, 0) is 55.8 Å². The minimum Gasteiger partial charge on any atom is -0.423 e. The number of rotatable bonds is 39. The summed E-state index contributed by atoms with van der Waals surface area (Å²) in [6.07, 6.45) is 1.27. The third kappa shape index (κ3) is 33.5. The molecule has 1 heterocycles. The summed E-state index contributed by atoms with van der Waals surface area (Å²) >= 11 is 0. The van der Waals surface area contributed by atoms with Gasteiger partial charge in [0.25, 0.3) is 17.7 Å². The molecular weight excluding hydrogens is 1300 g/mol. The summed E-state index contributed by atoms with van der Waals surface area (Å²) < 4.78 is 47.8. The highest BCUT2D eigenvalue weighted by molar-refractivity contribution is 6.00. The fraction of sp³-hybridized carbons (Fsp3) is 0.523. The van der Waals surface area contributed by atoms with Gasteiger partial charge in [-0.25, -0.2) is 0 Å². The van der Waals surface area contributed by atoms with Crippen molar-refractivity contribution in [3.63, 3.8) is 0 Å². The van der Waals surface area contributed by atoms with E-state index in [1.807, 2.05) is 19.6 Å². The quantitative estimate of drug-likeness (QED) is 0.0179. The number of nitrogens with two attached hydrogens (primary N) is 1. The Morgan fingerprint density at radius 2 is 0.566 bits per heavy atom. The van der Waals surface area contributed by atoms with E-state index in [1.165, 1.54) is 54.6 Å². The van der Waals surface area contributed by atoms with Crippen molar-refractivity contribution in [1.29, 1.82) is 0 Å². The van der Waals surface area contributed by atoms with Crippen LogP contribution < -0.4 is 71.4 Å². The van der Waals surface area contributed by atoms with Crippen LogP contribution in [-0.2, 0) is 62.2 Å². The van der Waals surface area contributed by atoms with Crippen LogP contribution in [0.3, 0.4) is 0 Å². The molecule has 0 radical (unpaired) electrons. The van der Waals surface area contributed by atoms with Crippen LogP contribution in [-0.4, -0.2) is 267 Å². The van der Waals surface area contributed by atoms with Crippen molar-refractivity contribution in [3.8, 4) is 34.5 Å². The summed E-state index contributed by atoms with van der Waals surface area (Å²) in [6, 6.07) is 12.4. The molecule has 34 heteroatoms. The van der Waals surface area contributed by atoms with Crippen LogP contribution in [0.25, 0.3) is 0 Å². The van der Waals surface area contributed by atoms with E-state index in [-0.39, 0.29) is 175 Å². The van der Waals surface area contributed by atoms with Gasteiger partial charge in [-0.15, -0.1) is 0 Å². The fourth-order valence-corrected chi connectivity index (χ4v) is 9.33. The molecule has 34 nitrogen and oxygen atoms in total. The second-order valence-corrected chi connectivity index (χ2v) is 22.1. The van der Waals surface area contributed by atoms with E-state index in [4.69, 9.17) is 48.4 Å². The van der Waals surface area contributed by atoms with Crippen molar-refractivity contribution in [1.82, 2.24) is 56.8 Å². The predicted octanol–water partition coefficient (Wildman–Crippen LogP) is -1.70. The number of carbonyl (C=O) groups is 13. The number of ether oxygens (including phenoxy) is 9. The average Bonchev–Trinajstić information content (AvgIpc) is 0.844. The zero-order valence-corrected chi connectivity index (χ0v) is 56.8. The lowest BCUT2D eigenvalue weighted by molar-refractivity contribution is -0.134. The van der Waals surface area contributed by atoms with E-state index >= 15 is 0 Å². The molecule has 3 aromatic carbocycles. The molecule has 4 rings (SSSR count). The minimum atomic E-state index is -0.775. The molecule has 9 N–H and O–H groups in total. The Hall–Kier alpha value is -9.55. The SMILES string of the molecule is CC(=O)Oc1cccc(C(=O)NCCNC(=O)CN2CCN(CC(=O)NCCCOCCOCCOCCCN)CCN(CC(=O)NCCNC(=O)c3cccc(OC(C)=O)c3OC(C)=O)CCN(CC(=O)NCCNC(=O)c3cccc(OC(C)=O)c3OC(C)=O)CC2)c1OC(C)=O. The molecule has 0 spiro atoms. The molecule has 0 atom stereocenters. The smallest absolute Gasteiger partial charge is 0.308 e. The summed E-state index contributed by atoms with van der Waals surface area (Å²) in [5.74, 6) is -9.48. The number of esters is 6. The number of carbonyl (C=O) groups excluding carboxylic acids is 13. The predicted molar refractivity (Wildman–Crippen MR) is 353 cm³/mol. The Bertz CT molecular complexity index is 3100. The third-order valence-electron chi connectivity index (χ3n) is 13.8. The van der Waals surface area contributed by atoms with Crippen molar-refractivity contribution >= 4 is 77.2 Å². The van der Waals surface area contributed by atoms with E-state index in [9.17, 15) is 62.3 Å². The normalized spacial score (nSPS) is 13.2. The topological polar surface area (TPSA) is 428 Å². The first-order valence-corrected chi connectivity index (χ1v) is 32.2. The lowest BCUT2D eigenvalue weighted by Gasteiger charge is -2.33. The minimum absolute atomic E-state index is 0.0494. The number of benzene rings is 3. The van der Waals surface area contributed by atoms with E-state index in [0.717, 1.165) is 48.0 Å². The number of nitrogens with zero attached hydrogens (tertiary/aromatic N) is 4. The lowest BCUT2D eigenvalue weighted by Crippen LogP contribution is -2.52.